The predicted molar refractivity (Wildman–Crippen MR) is 172 cm³/mol. The third-order valence-corrected chi connectivity index (χ3v) is 8.89. The number of nitrogen functional groups attached to an aromatic ring is 1. The van der Waals surface area contributed by atoms with Gasteiger partial charge >= 0.3 is 5.69 Å². The van der Waals surface area contributed by atoms with E-state index in [4.69, 9.17) is 10.5 Å². The smallest absolute Gasteiger partial charge is 0.335 e. The van der Waals surface area contributed by atoms with Crippen LogP contribution in [0.4, 0.5) is 5.82 Å². The minimum atomic E-state index is -0.389. The molecule has 6 rings (SSSR count). The second-order valence-corrected chi connectivity index (χ2v) is 12.2. The first-order valence-electron chi connectivity index (χ1n) is 15.5. The number of ether oxygens (including phenoxy) is 1. The highest BCUT2D eigenvalue weighted by atomic mass is 16.5. The van der Waals surface area contributed by atoms with Crippen LogP contribution in [0, 0.1) is 11.3 Å². The highest BCUT2D eigenvalue weighted by Gasteiger charge is 2.32. The number of amides is 1. The highest BCUT2D eigenvalue weighted by Crippen LogP contribution is 2.30. The molecule has 0 unspecified atom stereocenters. The van der Waals surface area contributed by atoms with Gasteiger partial charge in [0.1, 0.15) is 35.0 Å². The Morgan fingerprint density at radius 2 is 1.64 bits per heavy atom. The monoisotopic (exact) mass is 606 g/mol. The van der Waals surface area contributed by atoms with Gasteiger partial charge in [0.15, 0.2) is 11.5 Å². The number of nitriles is 1. The summed E-state index contributed by atoms with van der Waals surface area (Å²) in [6.45, 7) is 6.88. The average Bonchev–Trinajstić information content (AvgIpc) is 3.37. The third kappa shape index (κ3) is 6.06. The number of nitrogens with two attached hydrogens (primary N) is 1. The zero-order valence-corrected chi connectivity index (χ0v) is 25.7. The Morgan fingerprint density at radius 1 is 0.978 bits per heavy atom. The van der Waals surface area contributed by atoms with Crippen LogP contribution in [-0.4, -0.2) is 66.5 Å². The Kier molecular flexibility index (Phi) is 8.41. The summed E-state index contributed by atoms with van der Waals surface area (Å²) < 4.78 is 9.13. The van der Waals surface area contributed by atoms with Gasteiger partial charge in [-0.3, -0.25) is 18.8 Å². The summed E-state index contributed by atoms with van der Waals surface area (Å²) in [5.74, 6) is 1.28. The molecular formula is C34H38N8O3. The van der Waals surface area contributed by atoms with Gasteiger partial charge in [-0.25, -0.2) is 14.8 Å². The van der Waals surface area contributed by atoms with Gasteiger partial charge in [-0.05, 0) is 95.1 Å². The summed E-state index contributed by atoms with van der Waals surface area (Å²) in [4.78, 5) is 40.2. The van der Waals surface area contributed by atoms with E-state index in [0.29, 0.717) is 54.3 Å². The predicted octanol–water partition coefficient (Wildman–Crippen LogP) is 4.83. The van der Waals surface area contributed by atoms with Crippen LogP contribution >= 0.6 is 0 Å². The number of piperidine rings is 2. The van der Waals surface area contributed by atoms with Crippen molar-refractivity contribution in [2.24, 2.45) is 0 Å². The summed E-state index contributed by atoms with van der Waals surface area (Å²) >= 11 is 0. The fourth-order valence-corrected chi connectivity index (χ4v) is 6.48. The molecule has 2 aromatic carbocycles. The SMILES string of the molecule is CC(C)(/C=C(/C#N)C(=O)N1CCC(n2c(=O)n(-c3ccc(Oc4ccccc4)cc3)c3c(N)ncnc32)CC1)N1CCCCC1. The van der Waals surface area contributed by atoms with Crippen LogP contribution < -0.4 is 16.2 Å². The molecule has 2 fully saturated rings. The summed E-state index contributed by atoms with van der Waals surface area (Å²) in [5.41, 5.74) is 7.30. The van der Waals surface area contributed by atoms with Crippen molar-refractivity contribution >= 4 is 22.9 Å². The minimum absolute atomic E-state index is 0.165. The number of hydrogen-bond acceptors (Lipinski definition) is 8. The first-order chi connectivity index (χ1) is 21.8. The number of nitrogens with zero attached hydrogens (tertiary/aromatic N) is 7. The van der Waals surface area contributed by atoms with E-state index in [1.807, 2.05) is 36.4 Å². The lowest BCUT2D eigenvalue weighted by atomic mass is 9.95. The third-order valence-electron chi connectivity index (χ3n) is 8.89. The Labute approximate surface area is 262 Å². The molecule has 11 nitrogen and oxygen atoms in total. The maximum Gasteiger partial charge on any atom is 0.335 e. The zero-order chi connectivity index (χ0) is 31.6. The number of para-hydroxylation sites is 1. The Hall–Kier alpha value is -4.95. The van der Waals surface area contributed by atoms with E-state index in [2.05, 4.69) is 34.8 Å². The van der Waals surface area contributed by atoms with Gasteiger partial charge in [0, 0.05) is 24.7 Å². The van der Waals surface area contributed by atoms with Gasteiger partial charge in [0.2, 0.25) is 0 Å². The van der Waals surface area contributed by atoms with Crippen molar-refractivity contribution in [2.75, 3.05) is 31.9 Å². The van der Waals surface area contributed by atoms with Crippen molar-refractivity contribution < 1.29 is 9.53 Å². The number of carbonyl (C=O) groups is 1. The molecule has 0 atom stereocenters. The molecule has 45 heavy (non-hydrogen) atoms. The van der Waals surface area contributed by atoms with Gasteiger partial charge < -0.3 is 15.4 Å². The molecule has 2 aromatic heterocycles. The molecule has 1 amide bonds. The lowest BCUT2D eigenvalue weighted by molar-refractivity contribution is -0.128. The van der Waals surface area contributed by atoms with Crippen molar-refractivity contribution in [3.63, 3.8) is 0 Å². The van der Waals surface area contributed by atoms with E-state index < -0.39 is 0 Å². The van der Waals surface area contributed by atoms with Crippen LogP contribution in [0.1, 0.15) is 52.0 Å². The number of benzene rings is 2. The van der Waals surface area contributed by atoms with Crippen LogP contribution in [-0.2, 0) is 4.79 Å². The number of likely N-dealkylation sites (tertiary alicyclic amines) is 2. The van der Waals surface area contributed by atoms with Crippen molar-refractivity contribution in [3.8, 4) is 23.3 Å². The van der Waals surface area contributed by atoms with Crippen molar-refractivity contribution in [1.29, 1.82) is 5.26 Å². The lowest BCUT2D eigenvalue weighted by Crippen LogP contribution is -2.46. The molecule has 0 bridgehead atoms. The average molecular weight is 607 g/mol. The van der Waals surface area contributed by atoms with Crippen LogP contribution in [0.2, 0.25) is 0 Å². The molecule has 232 valence electrons. The topological polar surface area (TPSA) is 135 Å². The summed E-state index contributed by atoms with van der Waals surface area (Å²) in [6.07, 6.45) is 7.72. The molecule has 2 aliphatic rings. The number of rotatable bonds is 7. The van der Waals surface area contributed by atoms with Crippen LogP contribution in [0.25, 0.3) is 16.9 Å². The molecule has 0 saturated carbocycles. The second kappa shape index (κ2) is 12.6. The van der Waals surface area contributed by atoms with Gasteiger partial charge in [-0.1, -0.05) is 24.6 Å². The van der Waals surface area contributed by atoms with E-state index in [0.717, 1.165) is 25.9 Å². The summed E-state index contributed by atoms with van der Waals surface area (Å²) in [7, 11) is 0. The first kappa shape index (κ1) is 30.1. The van der Waals surface area contributed by atoms with Crippen LogP contribution in [0.5, 0.6) is 11.5 Å². The minimum Gasteiger partial charge on any atom is -0.457 e. The number of imidazole rings is 1. The van der Waals surface area contributed by atoms with Gasteiger partial charge in [-0.15, -0.1) is 0 Å². The standard InChI is InChI=1S/C34H38N8O3/c1-34(2,40-17-7-4-8-18-40)21-24(22-35)32(43)39-19-15-26(16-20-39)42-31-29(30(36)37-23-38-31)41(33(42)44)25-11-13-28(14-12-25)45-27-9-5-3-6-10-27/h3,5-6,9-14,21,23,26H,4,7-8,15-20H2,1-2H3,(H2,36,37,38)/b24-21-. The van der Waals surface area contributed by atoms with E-state index in [9.17, 15) is 14.9 Å². The summed E-state index contributed by atoms with van der Waals surface area (Å²) in [5, 5.41) is 9.94. The Balaban J connectivity index is 1.23. The molecular weight excluding hydrogens is 568 g/mol. The van der Waals surface area contributed by atoms with Gasteiger partial charge in [0.25, 0.3) is 5.91 Å². The quantitative estimate of drug-likeness (QED) is 0.233. The molecule has 0 radical (unpaired) electrons. The lowest BCUT2D eigenvalue weighted by Gasteiger charge is -2.39. The zero-order valence-electron chi connectivity index (χ0n) is 25.7. The molecule has 0 spiro atoms. The van der Waals surface area contributed by atoms with Crippen LogP contribution in [0.15, 0.2) is 77.4 Å². The molecule has 2 aliphatic heterocycles. The molecule has 2 N–H and O–H groups in total. The number of aromatic nitrogens is 4. The summed E-state index contributed by atoms with van der Waals surface area (Å²) in [6, 6.07) is 18.6. The fourth-order valence-electron chi connectivity index (χ4n) is 6.48. The number of fused-ring (bicyclic) bond motifs is 1. The van der Waals surface area contributed by atoms with Crippen molar-refractivity contribution in [3.05, 3.63) is 83.1 Å². The number of anilines is 1. The normalized spacial score (nSPS) is 16.9. The molecule has 11 heteroatoms. The maximum atomic E-state index is 14.0. The largest absolute Gasteiger partial charge is 0.457 e. The maximum absolute atomic E-state index is 14.0. The van der Waals surface area contributed by atoms with Gasteiger partial charge in [-0.2, -0.15) is 5.26 Å². The Bertz CT molecular complexity index is 1800. The van der Waals surface area contributed by atoms with Crippen molar-refractivity contribution in [1.82, 2.24) is 28.9 Å². The first-order valence-corrected chi connectivity index (χ1v) is 15.5. The van der Waals surface area contributed by atoms with E-state index in [-0.39, 0.29) is 34.6 Å². The second-order valence-electron chi connectivity index (χ2n) is 12.2. The molecule has 4 heterocycles. The molecule has 4 aromatic rings. The fraction of sp³-hybridized carbons (Fsp3) is 0.382. The van der Waals surface area contributed by atoms with Gasteiger partial charge in [0.05, 0.1) is 5.69 Å². The van der Waals surface area contributed by atoms with Crippen LogP contribution in [0.3, 0.4) is 0 Å². The number of carbonyl (C=O) groups excluding carboxylic acids is 1. The van der Waals surface area contributed by atoms with E-state index >= 15 is 0 Å². The molecule has 2 saturated heterocycles. The van der Waals surface area contributed by atoms with Crippen molar-refractivity contribution in [2.45, 2.75) is 57.5 Å². The number of hydrogen-bond donors (Lipinski definition) is 1. The molecule has 0 aliphatic carbocycles. The Morgan fingerprint density at radius 3 is 2.31 bits per heavy atom. The van der Waals surface area contributed by atoms with E-state index in [1.165, 1.54) is 17.3 Å². The highest BCUT2D eigenvalue weighted by molar-refractivity contribution is 5.97. The van der Waals surface area contributed by atoms with E-state index in [1.54, 1.807) is 33.7 Å².